The van der Waals surface area contributed by atoms with Gasteiger partial charge in [-0.2, -0.15) is 0 Å². The third-order valence-electron chi connectivity index (χ3n) is 7.15. The van der Waals surface area contributed by atoms with Crippen molar-refractivity contribution >= 4 is 17.5 Å². The summed E-state index contributed by atoms with van der Waals surface area (Å²) in [6.07, 6.45) is 1.70. The van der Waals surface area contributed by atoms with E-state index in [1.54, 1.807) is 0 Å². The van der Waals surface area contributed by atoms with Crippen molar-refractivity contribution in [3.63, 3.8) is 0 Å². The molecule has 7 nitrogen and oxygen atoms in total. The van der Waals surface area contributed by atoms with Crippen LogP contribution in [0.2, 0.25) is 5.02 Å². The largest absolute Gasteiger partial charge is 0.490 e. The van der Waals surface area contributed by atoms with E-state index in [0.717, 1.165) is 43.7 Å². The molecule has 9 heteroatoms. The summed E-state index contributed by atoms with van der Waals surface area (Å²) < 4.78 is 25.9. The molecule has 0 aromatic heterocycles. The van der Waals surface area contributed by atoms with Gasteiger partial charge in [-0.1, -0.05) is 11.6 Å². The number of carbonyl (C=O) groups is 1. The van der Waals surface area contributed by atoms with Gasteiger partial charge in [-0.25, -0.2) is 4.39 Å². The Morgan fingerprint density at radius 1 is 1.23 bits per heavy atom. The minimum Gasteiger partial charge on any atom is -0.490 e. The number of fused-ring (bicyclic) bond motifs is 1. The highest BCUT2D eigenvalue weighted by atomic mass is 35.5. The van der Waals surface area contributed by atoms with E-state index in [0.29, 0.717) is 24.5 Å². The van der Waals surface area contributed by atoms with Crippen LogP contribution in [-0.4, -0.2) is 83.1 Å². The smallest absolute Gasteiger partial charge is 0.257 e. The van der Waals surface area contributed by atoms with E-state index in [2.05, 4.69) is 4.90 Å². The maximum atomic E-state index is 13.9. The van der Waals surface area contributed by atoms with Crippen LogP contribution in [-0.2, 0) is 6.42 Å². The van der Waals surface area contributed by atoms with Crippen molar-refractivity contribution in [2.45, 2.75) is 43.5 Å². The Morgan fingerprint density at radius 3 is 2.77 bits per heavy atom. The fourth-order valence-corrected chi connectivity index (χ4v) is 5.44. The van der Waals surface area contributed by atoms with Gasteiger partial charge in [0.2, 0.25) is 0 Å². The van der Waals surface area contributed by atoms with E-state index in [-0.39, 0.29) is 36.0 Å². The van der Waals surface area contributed by atoms with Crippen molar-refractivity contribution in [1.29, 1.82) is 0 Å². The number of piperidine rings is 1. The summed E-state index contributed by atoms with van der Waals surface area (Å²) in [4.78, 5) is 16.5. The third-order valence-corrected chi connectivity index (χ3v) is 7.39. The first-order valence-corrected chi connectivity index (χ1v) is 12.5. The second kappa shape index (κ2) is 9.93. The molecule has 2 aromatic carbocycles. The predicted molar refractivity (Wildman–Crippen MR) is 129 cm³/mol. The number of β-amino-alcohol motifs (C(OH)–C–C–N with tert-alkyl or cyclic N) is 2. The molecule has 2 fully saturated rings. The normalized spacial score (nSPS) is 22.2. The molecule has 1 spiro atoms. The van der Waals surface area contributed by atoms with Crippen LogP contribution in [0.5, 0.6) is 11.5 Å². The van der Waals surface area contributed by atoms with Gasteiger partial charge in [0.05, 0.1) is 11.7 Å². The molecular formula is C26H30ClFN2O5. The Bertz CT molecular complexity index is 1090. The molecule has 1 amide bonds. The van der Waals surface area contributed by atoms with Crippen LogP contribution in [0.25, 0.3) is 0 Å². The molecule has 3 aliphatic rings. The Kier molecular flexibility index (Phi) is 6.90. The highest BCUT2D eigenvalue weighted by Crippen LogP contribution is 2.42. The molecule has 188 valence electrons. The SMILES string of the molecule is O=C(c1ccc(F)cc1OC[C@H](O)CN1CCC2(CC1)Cc1cc(Cl)ccc1O2)N1CC[C@H](O)C1. The van der Waals surface area contributed by atoms with Crippen molar-refractivity contribution in [2.24, 2.45) is 0 Å². The number of rotatable bonds is 6. The Balaban J connectivity index is 1.13. The summed E-state index contributed by atoms with van der Waals surface area (Å²) in [5.74, 6) is 0.169. The first-order valence-electron chi connectivity index (χ1n) is 12.1. The highest BCUT2D eigenvalue weighted by molar-refractivity contribution is 6.30. The van der Waals surface area contributed by atoms with Crippen LogP contribution in [0, 0.1) is 5.82 Å². The number of ether oxygens (including phenoxy) is 2. The highest BCUT2D eigenvalue weighted by Gasteiger charge is 2.42. The van der Waals surface area contributed by atoms with Crippen molar-refractivity contribution in [3.8, 4) is 11.5 Å². The number of carbonyl (C=O) groups excluding carboxylic acids is 1. The minimum atomic E-state index is -0.802. The number of hydrogen-bond donors (Lipinski definition) is 2. The lowest BCUT2D eigenvalue weighted by Crippen LogP contribution is -2.49. The number of aliphatic hydroxyl groups is 2. The topological polar surface area (TPSA) is 82.5 Å². The van der Waals surface area contributed by atoms with Gasteiger partial charge >= 0.3 is 0 Å². The molecule has 2 aromatic rings. The van der Waals surface area contributed by atoms with Gasteiger partial charge in [0, 0.05) is 63.1 Å². The van der Waals surface area contributed by atoms with Crippen LogP contribution >= 0.6 is 11.6 Å². The van der Waals surface area contributed by atoms with Crippen LogP contribution < -0.4 is 9.47 Å². The Hall–Kier alpha value is -2.39. The number of likely N-dealkylation sites (tertiary alicyclic amines) is 2. The number of benzene rings is 2. The summed E-state index contributed by atoms with van der Waals surface area (Å²) in [5.41, 5.74) is 1.15. The zero-order valence-corrected chi connectivity index (χ0v) is 20.2. The molecule has 0 saturated carbocycles. The minimum absolute atomic E-state index is 0.0611. The Labute approximate surface area is 209 Å². The van der Waals surface area contributed by atoms with Crippen LogP contribution in [0.1, 0.15) is 35.2 Å². The summed E-state index contributed by atoms with van der Waals surface area (Å²) in [5, 5.41) is 21.0. The molecule has 5 rings (SSSR count). The lowest BCUT2D eigenvalue weighted by molar-refractivity contribution is -0.00203. The standard InChI is InChI=1S/C26H30ClFN2O5/c27-18-1-4-23-17(11-18)13-26(35-23)6-9-29(10-7-26)14-21(32)16-34-24-12-19(28)2-3-22(24)25(33)30-8-5-20(31)15-30/h1-4,11-12,20-21,31-32H,5-10,13-16H2/t20-,21+/m0/s1. The maximum Gasteiger partial charge on any atom is 0.257 e. The number of hydrogen-bond acceptors (Lipinski definition) is 6. The summed E-state index contributed by atoms with van der Waals surface area (Å²) in [6.45, 7) is 2.59. The second-order valence-electron chi connectivity index (χ2n) is 9.81. The van der Waals surface area contributed by atoms with Gasteiger partial charge < -0.3 is 29.5 Å². The van der Waals surface area contributed by atoms with Gasteiger partial charge in [0.25, 0.3) is 5.91 Å². The lowest BCUT2D eigenvalue weighted by atomic mass is 9.87. The van der Waals surface area contributed by atoms with Crippen LogP contribution in [0.4, 0.5) is 4.39 Å². The van der Waals surface area contributed by atoms with Crippen molar-refractivity contribution in [3.05, 3.63) is 58.4 Å². The molecule has 2 N–H and O–H groups in total. The molecule has 0 radical (unpaired) electrons. The Morgan fingerprint density at radius 2 is 2.03 bits per heavy atom. The number of halogens is 2. The molecule has 0 unspecified atom stereocenters. The van der Waals surface area contributed by atoms with E-state index in [4.69, 9.17) is 21.1 Å². The van der Waals surface area contributed by atoms with E-state index in [9.17, 15) is 19.4 Å². The predicted octanol–water partition coefficient (Wildman–Crippen LogP) is 2.90. The van der Waals surface area contributed by atoms with E-state index in [1.807, 2.05) is 18.2 Å². The van der Waals surface area contributed by atoms with Crippen LogP contribution in [0.3, 0.4) is 0 Å². The zero-order valence-electron chi connectivity index (χ0n) is 19.5. The molecule has 2 saturated heterocycles. The van der Waals surface area contributed by atoms with Crippen molar-refractivity contribution < 1.29 is 28.9 Å². The van der Waals surface area contributed by atoms with Gasteiger partial charge in [0.1, 0.15) is 35.6 Å². The van der Waals surface area contributed by atoms with Crippen molar-refractivity contribution in [1.82, 2.24) is 9.80 Å². The average molecular weight is 505 g/mol. The molecule has 0 aliphatic carbocycles. The summed E-state index contributed by atoms with van der Waals surface area (Å²) in [6, 6.07) is 9.51. The van der Waals surface area contributed by atoms with Gasteiger partial charge in [-0.15, -0.1) is 0 Å². The number of nitrogens with zero attached hydrogens (tertiary/aromatic N) is 2. The summed E-state index contributed by atoms with van der Waals surface area (Å²) >= 11 is 6.12. The molecule has 2 atom stereocenters. The quantitative estimate of drug-likeness (QED) is 0.629. The third kappa shape index (κ3) is 5.40. The van der Waals surface area contributed by atoms with E-state index < -0.39 is 18.0 Å². The first-order chi connectivity index (χ1) is 16.8. The fraction of sp³-hybridized carbons (Fsp3) is 0.500. The van der Waals surface area contributed by atoms with Gasteiger partial charge in [-0.05, 0) is 42.3 Å². The monoisotopic (exact) mass is 504 g/mol. The summed E-state index contributed by atoms with van der Waals surface area (Å²) in [7, 11) is 0. The second-order valence-corrected chi connectivity index (χ2v) is 10.2. The number of aliphatic hydroxyl groups excluding tert-OH is 2. The molecule has 3 aliphatic heterocycles. The first kappa shape index (κ1) is 24.3. The number of amides is 1. The molecular weight excluding hydrogens is 475 g/mol. The van der Waals surface area contributed by atoms with Gasteiger partial charge in [0.15, 0.2) is 0 Å². The van der Waals surface area contributed by atoms with E-state index in [1.165, 1.54) is 23.1 Å². The van der Waals surface area contributed by atoms with Crippen LogP contribution in [0.15, 0.2) is 36.4 Å². The maximum absolute atomic E-state index is 13.9. The molecule has 3 heterocycles. The van der Waals surface area contributed by atoms with E-state index >= 15 is 0 Å². The average Bonchev–Trinajstić information content (AvgIpc) is 3.42. The zero-order chi connectivity index (χ0) is 24.6. The van der Waals surface area contributed by atoms with Gasteiger partial charge in [-0.3, -0.25) is 4.79 Å². The fourth-order valence-electron chi connectivity index (χ4n) is 5.25. The van der Waals surface area contributed by atoms with Crippen molar-refractivity contribution in [2.75, 3.05) is 39.3 Å². The lowest BCUT2D eigenvalue weighted by Gasteiger charge is -2.39. The molecule has 35 heavy (non-hydrogen) atoms. The molecule has 0 bridgehead atoms.